The van der Waals surface area contributed by atoms with Crippen molar-refractivity contribution < 1.29 is 52.2 Å². The third-order valence-corrected chi connectivity index (χ3v) is 10.8. The van der Waals surface area contributed by atoms with Gasteiger partial charge in [-0.1, -0.05) is 52.5 Å². The van der Waals surface area contributed by atoms with Crippen LogP contribution in [0.3, 0.4) is 0 Å². The van der Waals surface area contributed by atoms with Crippen LogP contribution in [0.15, 0.2) is 33.4 Å². The summed E-state index contributed by atoms with van der Waals surface area (Å²) in [5, 5.41) is 25.2. The van der Waals surface area contributed by atoms with Gasteiger partial charge in [0.05, 0.1) is 12.1 Å². The number of aliphatic carboxylic acids is 2. The number of aryl methyl sites for hydroxylation is 1. The van der Waals surface area contributed by atoms with Gasteiger partial charge < -0.3 is 20.4 Å². The molecule has 1 saturated heterocycles. The zero-order valence-electron chi connectivity index (χ0n) is 23.0. The van der Waals surface area contributed by atoms with E-state index in [1.807, 2.05) is 0 Å². The minimum Gasteiger partial charge on any atom is -0.481 e. The number of rotatable bonds is 13. The number of aromatic nitrogens is 2. The number of carbonyl (C=O) groups excluding carboxylic acids is 3. The van der Waals surface area contributed by atoms with Crippen LogP contribution < -0.4 is 10.6 Å². The van der Waals surface area contributed by atoms with Crippen molar-refractivity contribution in [1.82, 2.24) is 20.2 Å². The molecule has 0 bridgehead atoms. The topological polar surface area (TPSA) is 200 Å². The summed E-state index contributed by atoms with van der Waals surface area (Å²) in [6.07, 6.45) is -4.14. The number of thioether (sulfide) groups is 2. The zero-order valence-corrected chi connectivity index (χ0v) is 27.1. The van der Waals surface area contributed by atoms with Crippen LogP contribution >= 0.6 is 57.8 Å². The summed E-state index contributed by atoms with van der Waals surface area (Å²) >= 11 is 10.1. The summed E-state index contributed by atoms with van der Waals surface area (Å²) in [5.74, 6) is -6.21. The van der Waals surface area contributed by atoms with Crippen molar-refractivity contribution in [1.29, 1.82) is 0 Å². The van der Waals surface area contributed by atoms with Crippen LogP contribution in [0.1, 0.15) is 16.3 Å². The van der Waals surface area contributed by atoms with E-state index in [1.165, 1.54) is 46.3 Å². The van der Waals surface area contributed by atoms with Crippen LogP contribution in [-0.2, 0) is 35.2 Å². The van der Waals surface area contributed by atoms with E-state index in [4.69, 9.17) is 21.5 Å². The molecule has 246 valence electrons. The van der Waals surface area contributed by atoms with Crippen LogP contribution in [0.25, 0.3) is 0 Å². The number of carboxylic acid groups (broad SMARTS) is 2. The monoisotopic (exact) mass is 740 g/mol. The van der Waals surface area contributed by atoms with E-state index in [-0.39, 0.29) is 34.6 Å². The first kappa shape index (κ1) is 35.2. The largest absolute Gasteiger partial charge is 0.481 e. The molecule has 2 aliphatic heterocycles. The average molecular weight is 741 g/mol. The zero-order chi connectivity index (χ0) is 33.9. The van der Waals surface area contributed by atoms with E-state index in [2.05, 4.69) is 27.0 Å². The van der Waals surface area contributed by atoms with Gasteiger partial charge in [-0.3, -0.25) is 29.4 Å². The lowest BCUT2D eigenvalue weighted by Gasteiger charge is -2.49. The van der Waals surface area contributed by atoms with Gasteiger partial charge in [0, 0.05) is 16.4 Å². The second-order valence-corrected chi connectivity index (χ2v) is 14.1. The van der Waals surface area contributed by atoms with Crippen molar-refractivity contribution in [2.24, 2.45) is 5.16 Å². The smallest absolute Gasteiger partial charge is 0.471 e. The average Bonchev–Trinajstić information content (AvgIpc) is 3.51. The van der Waals surface area contributed by atoms with Gasteiger partial charge in [0.15, 0.2) is 15.2 Å². The van der Waals surface area contributed by atoms with E-state index < -0.39 is 63.8 Å². The third kappa shape index (κ3) is 7.82. The number of anilines is 1. The summed E-state index contributed by atoms with van der Waals surface area (Å²) in [6.45, 7) is 4.91. The Morgan fingerprint density at radius 3 is 2.61 bits per heavy atom. The molecule has 0 spiro atoms. The maximum atomic E-state index is 13.3. The standard InChI is InChI=1S/C24H20ClF3N6O8S4/c1-3-4-42-33-13(12-16(25)46-22(31-12)32-21(41)24(26,27)28)17(37)30-14-18(38)34-15(20(39)40)9(6-43-19(14)34)7-44-23-29-8(2)10(45-23)5-11(35)36/h3,14,19H,1,4-7H2,2H3,(H,30,37)(H,35,36)(H,39,40)(H,31,32,41)/b33-13+/t14?,19-/m1/s1. The Labute approximate surface area is 278 Å². The lowest BCUT2D eigenvalue weighted by atomic mass is 10.0. The molecular weight excluding hydrogens is 721 g/mol. The van der Waals surface area contributed by atoms with E-state index >= 15 is 0 Å². The van der Waals surface area contributed by atoms with Crippen LogP contribution in [0.2, 0.25) is 4.34 Å². The van der Waals surface area contributed by atoms with Crippen molar-refractivity contribution in [3.63, 3.8) is 0 Å². The van der Waals surface area contributed by atoms with Crippen molar-refractivity contribution in [3.8, 4) is 0 Å². The van der Waals surface area contributed by atoms with Gasteiger partial charge in [-0.05, 0) is 12.5 Å². The SMILES string of the molecule is C=CCO/N=C(/C(=O)NC1C(=O)N2C(C(=O)O)=C(CSc3nc(C)c(CC(=O)O)s3)CS[C@H]12)c1nc(NC(=O)C(F)(F)F)sc1Cl. The minimum atomic E-state index is -5.22. The number of carboxylic acids is 2. The molecule has 2 aromatic heterocycles. The van der Waals surface area contributed by atoms with Gasteiger partial charge in [-0.25, -0.2) is 14.8 Å². The Kier molecular flexibility index (Phi) is 11.0. The summed E-state index contributed by atoms with van der Waals surface area (Å²) < 4.78 is 38.3. The molecule has 22 heteroatoms. The molecule has 14 nitrogen and oxygen atoms in total. The third-order valence-electron chi connectivity index (χ3n) is 5.94. The molecule has 4 N–H and O–H groups in total. The molecule has 2 atom stereocenters. The van der Waals surface area contributed by atoms with Crippen molar-refractivity contribution in [2.75, 3.05) is 23.4 Å². The summed E-state index contributed by atoms with van der Waals surface area (Å²) in [7, 11) is 0. The molecule has 2 aromatic rings. The van der Waals surface area contributed by atoms with Gasteiger partial charge in [-0.15, -0.1) is 23.1 Å². The number of fused-ring (bicyclic) bond motifs is 1. The fraction of sp³-hybridized carbons (Fsp3) is 0.333. The Bertz CT molecular complexity index is 1680. The maximum Gasteiger partial charge on any atom is 0.471 e. The highest BCUT2D eigenvalue weighted by atomic mass is 35.5. The van der Waals surface area contributed by atoms with Gasteiger partial charge >= 0.3 is 24.0 Å². The Balaban J connectivity index is 1.50. The lowest BCUT2D eigenvalue weighted by Crippen LogP contribution is -2.71. The van der Waals surface area contributed by atoms with Crippen molar-refractivity contribution in [3.05, 3.63) is 44.5 Å². The Hall–Kier alpha value is -3.66. The summed E-state index contributed by atoms with van der Waals surface area (Å²) in [5.41, 5.74) is -0.375. The molecule has 46 heavy (non-hydrogen) atoms. The first-order valence-electron chi connectivity index (χ1n) is 12.5. The highest BCUT2D eigenvalue weighted by Crippen LogP contribution is 2.42. The van der Waals surface area contributed by atoms with Crippen molar-refractivity contribution in [2.45, 2.75) is 35.3 Å². The van der Waals surface area contributed by atoms with Crippen LogP contribution in [-0.4, -0.2) is 96.2 Å². The molecular formula is C24H20ClF3N6O8S4. The van der Waals surface area contributed by atoms with E-state index in [0.717, 1.165) is 4.90 Å². The first-order chi connectivity index (χ1) is 21.6. The number of amides is 3. The predicted octanol–water partition coefficient (Wildman–Crippen LogP) is 3.13. The highest BCUT2D eigenvalue weighted by Gasteiger charge is 2.54. The lowest BCUT2D eigenvalue weighted by molar-refractivity contribution is -0.167. The van der Waals surface area contributed by atoms with Gasteiger partial charge in [-0.2, -0.15) is 13.2 Å². The summed E-state index contributed by atoms with van der Waals surface area (Å²) in [6, 6.07) is -1.23. The fourth-order valence-corrected chi connectivity index (χ4v) is 8.68. The van der Waals surface area contributed by atoms with E-state index in [9.17, 15) is 42.3 Å². The van der Waals surface area contributed by atoms with E-state index in [1.54, 1.807) is 6.92 Å². The Morgan fingerprint density at radius 2 is 1.98 bits per heavy atom. The molecule has 1 unspecified atom stereocenters. The number of nitrogens with zero attached hydrogens (tertiary/aromatic N) is 4. The minimum absolute atomic E-state index is 0.147. The molecule has 1 fully saturated rings. The number of β-lactam (4-membered cyclic amide) rings is 1. The fourth-order valence-electron chi connectivity index (χ4n) is 3.93. The highest BCUT2D eigenvalue weighted by molar-refractivity contribution is 8.01. The first-order valence-corrected chi connectivity index (χ1v) is 16.5. The number of oxime groups is 1. The number of halogens is 4. The number of carbonyl (C=O) groups is 5. The number of thiazole rings is 2. The predicted molar refractivity (Wildman–Crippen MR) is 163 cm³/mol. The quantitative estimate of drug-likeness (QED) is 0.0585. The number of alkyl halides is 3. The normalized spacial score (nSPS) is 18.1. The van der Waals surface area contributed by atoms with Crippen molar-refractivity contribution >= 4 is 98.3 Å². The number of hydrogen-bond acceptors (Lipinski definition) is 13. The van der Waals surface area contributed by atoms with Crippen LogP contribution in [0.4, 0.5) is 18.3 Å². The molecule has 0 saturated carbocycles. The van der Waals surface area contributed by atoms with Gasteiger partial charge in [0.25, 0.3) is 11.8 Å². The number of hydrogen-bond donors (Lipinski definition) is 4. The van der Waals surface area contributed by atoms with Gasteiger partial charge in [0.2, 0.25) is 0 Å². The molecule has 3 amide bonds. The van der Waals surface area contributed by atoms with E-state index in [0.29, 0.717) is 31.8 Å². The molecule has 0 aromatic carbocycles. The molecule has 4 heterocycles. The van der Waals surface area contributed by atoms with Crippen LogP contribution in [0, 0.1) is 6.92 Å². The second-order valence-electron chi connectivity index (χ2n) is 9.08. The Morgan fingerprint density at radius 1 is 1.26 bits per heavy atom. The molecule has 0 aliphatic carbocycles. The maximum absolute atomic E-state index is 13.3. The summed E-state index contributed by atoms with van der Waals surface area (Å²) in [4.78, 5) is 75.7. The number of nitrogens with one attached hydrogen (secondary N) is 2. The molecule has 4 rings (SSSR count). The molecule has 0 radical (unpaired) electrons. The van der Waals surface area contributed by atoms with Crippen LogP contribution in [0.5, 0.6) is 0 Å². The van der Waals surface area contributed by atoms with Gasteiger partial charge in [0.1, 0.15) is 33.7 Å². The molecule has 2 aliphatic rings. The second kappa shape index (κ2) is 14.4.